The number of nitrogens with zero attached hydrogens (tertiary/aromatic N) is 12. The van der Waals surface area contributed by atoms with E-state index >= 15 is 0 Å². The highest BCUT2D eigenvalue weighted by molar-refractivity contribution is 5.95. The summed E-state index contributed by atoms with van der Waals surface area (Å²) < 4.78 is 30.6. The molecule has 690 valence electrons. The lowest BCUT2D eigenvalue weighted by molar-refractivity contribution is 0.0909. The van der Waals surface area contributed by atoms with E-state index in [1.54, 1.807) is 18.2 Å². The van der Waals surface area contributed by atoms with Gasteiger partial charge in [-0.2, -0.15) is 0 Å². The first-order chi connectivity index (χ1) is 56.9. The zero-order valence-electron chi connectivity index (χ0n) is 81.3. The van der Waals surface area contributed by atoms with Crippen molar-refractivity contribution in [2.75, 3.05) is 122 Å². The lowest BCUT2D eigenvalue weighted by Gasteiger charge is -2.37. The molecule has 30 heteroatoms. The molecular formula is C91H164N18O12. The van der Waals surface area contributed by atoms with Crippen LogP contribution in [0.3, 0.4) is 0 Å². The van der Waals surface area contributed by atoms with Crippen molar-refractivity contribution >= 4 is 35.4 Å². The number of nitrogens with one attached hydrogen (secondary N) is 6. The summed E-state index contributed by atoms with van der Waals surface area (Å²) in [7, 11) is 16.8. The van der Waals surface area contributed by atoms with Crippen molar-refractivity contribution in [3.63, 3.8) is 0 Å². The van der Waals surface area contributed by atoms with Crippen LogP contribution in [-0.4, -0.2) is 251 Å². The average molecular weight is 1700 g/mol. The van der Waals surface area contributed by atoms with Crippen LogP contribution in [0.25, 0.3) is 0 Å². The number of carbonyl (C=O) groups is 6. The zero-order valence-corrected chi connectivity index (χ0v) is 81.3. The van der Waals surface area contributed by atoms with Crippen molar-refractivity contribution in [2.24, 2.45) is 0 Å². The predicted octanol–water partition coefficient (Wildman–Crippen LogP) is 15.0. The lowest BCUT2D eigenvalue weighted by atomic mass is 9.92. The van der Waals surface area contributed by atoms with Crippen molar-refractivity contribution in [1.82, 2.24) is 92.2 Å². The second-order valence-electron chi connectivity index (χ2n) is 34.1. The van der Waals surface area contributed by atoms with Crippen LogP contribution in [-0.2, 0) is 38.5 Å². The fourth-order valence-corrected chi connectivity index (χ4v) is 12.9. The van der Waals surface area contributed by atoms with Crippen LogP contribution in [0.4, 0.5) is 0 Å². The SMILES string of the molecule is CCCN(C)C(C)(C)CCNC(=O)c1cc(CC)on1.CCCN(C)C(C)(C)CCNC(=O)c1noc(CC)c1C.CCc1cc(C(=O)NCCC(C)(CC)N(C)C)no1.CCc1cc(C(=O)NCCC(C)(CC)N(C)CC)no1.CCc1onc(C(=O)NCCC(C)(CC)N(C)C)c1C.CCc1onc(C(=O)NCCC(C)(CC)N(C)CC)c1C. The Bertz CT molecular complexity index is 3940. The second-order valence-corrected chi connectivity index (χ2v) is 34.1. The zero-order chi connectivity index (χ0) is 92.2. The minimum atomic E-state index is -0.166. The molecule has 6 heterocycles. The monoisotopic (exact) mass is 1700 g/mol. The Morgan fingerprint density at radius 2 is 0.537 bits per heavy atom. The van der Waals surface area contributed by atoms with E-state index in [9.17, 15) is 28.8 Å². The summed E-state index contributed by atoms with van der Waals surface area (Å²) in [5.41, 5.74) is 5.41. The van der Waals surface area contributed by atoms with Gasteiger partial charge in [-0.05, 0) is 236 Å². The van der Waals surface area contributed by atoms with Crippen molar-refractivity contribution in [2.45, 2.75) is 322 Å². The van der Waals surface area contributed by atoms with E-state index < -0.39 is 0 Å². The van der Waals surface area contributed by atoms with Crippen LogP contribution in [0.2, 0.25) is 0 Å². The van der Waals surface area contributed by atoms with Crippen molar-refractivity contribution in [3.05, 3.63) is 104 Å². The van der Waals surface area contributed by atoms with Crippen molar-refractivity contribution < 1.29 is 55.9 Å². The maximum atomic E-state index is 12.2. The molecule has 0 saturated carbocycles. The van der Waals surface area contributed by atoms with E-state index in [1.807, 2.05) is 62.3 Å². The van der Waals surface area contributed by atoms with Crippen LogP contribution in [0, 0.1) is 20.8 Å². The fraction of sp³-hybridized carbons (Fsp3) is 0.736. The van der Waals surface area contributed by atoms with Crippen LogP contribution >= 0.6 is 0 Å². The average Bonchev–Trinajstić information content (AvgIpc) is 1.77. The maximum absolute atomic E-state index is 12.2. The molecule has 0 aliphatic carbocycles. The van der Waals surface area contributed by atoms with Gasteiger partial charge in [0.25, 0.3) is 35.4 Å². The standard InChI is InChI=1S/2C16H29N3O2.3C15H27N3O2.C14H25N3O2/c1-7-11-19(6)16(4,5)9-10-17-15(20)14-12(3)13(8-2)21-18-14;1-7-13-12(4)14(18-21-13)15(20)17-11-10-16(5,8-2)19(6)9-3;1-7-12-11(3)13(17-20-12)14(19)16-10-9-15(4,8-2)18(5)6;1-6-10-18(5)15(3,4)8-9-16-14(19)13-11-12(7-2)20-17-13;1-6-12-11-13(17-20-12)14(19)16-10-9-15(4,7-2)18(5)8-3;1-6-11-10-12(16-19-11)13(18)15-9-8-14(3,7-2)17(4)5/h2*7-11H2,1-6H3,(H,17,20);7-10H2,1-6H3,(H,16,19);2*11H,6-10H2,1-5H3,(H,16,19);10H,6-9H2,1-5H3,(H,15,18). The number of amides is 6. The van der Waals surface area contributed by atoms with Gasteiger partial charge in [-0.25, -0.2) is 0 Å². The third kappa shape index (κ3) is 35.9. The molecule has 0 aromatic carbocycles. The van der Waals surface area contributed by atoms with E-state index in [0.29, 0.717) is 73.4 Å². The van der Waals surface area contributed by atoms with Crippen LogP contribution in [0.5, 0.6) is 0 Å². The summed E-state index contributed by atoms with van der Waals surface area (Å²) in [5, 5.41) is 40.5. The molecular weight excluding hydrogens is 1540 g/mol. The minimum Gasteiger partial charge on any atom is -0.361 e. The fourth-order valence-electron chi connectivity index (χ4n) is 12.9. The maximum Gasteiger partial charge on any atom is 0.273 e. The van der Waals surface area contributed by atoms with E-state index in [4.69, 9.17) is 27.1 Å². The quantitative estimate of drug-likeness (QED) is 0.0207. The first-order valence-corrected chi connectivity index (χ1v) is 44.5. The molecule has 0 spiro atoms. The third-order valence-corrected chi connectivity index (χ3v) is 25.1. The first kappa shape index (κ1) is 111. The number of aryl methyl sites for hydroxylation is 6. The van der Waals surface area contributed by atoms with Gasteiger partial charge in [0.05, 0.1) is 0 Å². The molecule has 0 aliphatic heterocycles. The number of hydrogen-bond donors (Lipinski definition) is 6. The topological polar surface area (TPSA) is 350 Å². The smallest absolute Gasteiger partial charge is 0.273 e. The predicted molar refractivity (Wildman–Crippen MR) is 484 cm³/mol. The molecule has 6 N–H and O–H groups in total. The molecule has 6 aromatic heterocycles. The van der Waals surface area contributed by atoms with Gasteiger partial charge >= 0.3 is 0 Å². The summed E-state index contributed by atoms with van der Waals surface area (Å²) in [4.78, 5) is 85.8. The van der Waals surface area contributed by atoms with Gasteiger partial charge in [-0.3, -0.25) is 28.8 Å². The van der Waals surface area contributed by atoms with E-state index in [1.165, 1.54) is 0 Å². The Hall–Kier alpha value is -8.16. The Labute approximate surface area is 727 Å². The molecule has 6 amide bonds. The highest BCUT2D eigenvalue weighted by atomic mass is 16.5. The molecule has 0 aliphatic rings. The summed E-state index contributed by atoms with van der Waals surface area (Å²) in [6, 6.07) is 5.09. The normalized spacial score (nSPS) is 13.5. The highest BCUT2D eigenvalue weighted by Gasteiger charge is 2.32. The molecule has 121 heavy (non-hydrogen) atoms. The van der Waals surface area contributed by atoms with Crippen LogP contribution in [0.1, 0.15) is 344 Å². The Kier molecular flexibility index (Phi) is 50.5. The van der Waals surface area contributed by atoms with Crippen molar-refractivity contribution in [1.29, 1.82) is 0 Å². The molecule has 0 saturated heterocycles. The molecule has 0 fully saturated rings. The highest BCUT2D eigenvalue weighted by Crippen LogP contribution is 2.26. The van der Waals surface area contributed by atoms with E-state index in [0.717, 1.165) is 193 Å². The second kappa shape index (κ2) is 55.2. The number of rotatable bonds is 46. The largest absolute Gasteiger partial charge is 0.361 e. The summed E-state index contributed by atoms with van der Waals surface area (Å²) in [6.07, 6.45) is 16.4. The van der Waals surface area contributed by atoms with Gasteiger partial charge in [0.1, 0.15) is 34.6 Å². The lowest BCUT2D eigenvalue weighted by Crippen LogP contribution is -2.45. The molecule has 0 radical (unpaired) electrons. The summed E-state index contributed by atoms with van der Waals surface area (Å²) in [6.45, 7) is 60.4. The number of hydrogen-bond acceptors (Lipinski definition) is 24. The molecule has 30 nitrogen and oxygen atoms in total. The van der Waals surface area contributed by atoms with Crippen LogP contribution in [0.15, 0.2) is 45.3 Å². The van der Waals surface area contributed by atoms with Gasteiger partial charge in [0.15, 0.2) is 34.2 Å². The number of carbonyl (C=O) groups excluding carboxylic acids is 6. The minimum absolute atomic E-state index is 0.0662. The Morgan fingerprint density at radius 1 is 0.306 bits per heavy atom. The molecule has 6 rings (SSSR count). The van der Waals surface area contributed by atoms with Gasteiger partial charge < -0.3 is 88.4 Å². The molecule has 6 aromatic rings. The van der Waals surface area contributed by atoms with Crippen LogP contribution < -0.4 is 31.9 Å². The molecule has 4 atom stereocenters. The van der Waals surface area contributed by atoms with E-state index in [-0.39, 0.29) is 68.7 Å². The Morgan fingerprint density at radius 3 is 0.727 bits per heavy atom. The summed E-state index contributed by atoms with van der Waals surface area (Å²) in [5.74, 6) is 3.61. The number of aromatic nitrogens is 6. The molecule has 4 unspecified atom stereocenters. The third-order valence-electron chi connectivity index (χ3n) is 25.1. The van der Waals surface area contributed by atoms with Gasteiger partial charge in [-0.15, -0.1) is 0 Å². The molecule has 0 bridgehead atoms. The summed E-state index contributed by atoms with van der Waals surface area (Å²) >= 11 is 0. The first-order valence-electron chi connectivity index (χ1n) is 44.5. The van der Waals surface area contributed by atoms with Gasteiger partial charge in [0.2, 0.25) is 0 Å². The van der Waals surface area contributed by atoms with Gasteiger partial charge in [-0.1, -0.05) is 128 Å². The van der Waals surface area contributed by atoms with Crippen molar-refractivity contribution in [3.8, 4) is 0 Å². The van der Waals surface area contributed by atoms with Gasteiger partial charge in [0, 0.05) is 146 Å². The van der Waals surface area contributed by atoms with E-state index in [2.05, 4.69) is 259 Å². The Balaban J connectivity index is 0.000000726.